The van der Waals surface area contributed by atoms with Crippen molar-refractivity contribution in [1.29, 1.82) is 0 Å². The van der Waals surface area contributed by atoms with Crippen LogP contribution in [0.1, 0.15) is 41.4 Å². The summed E-state index contributed by atoms with van der Waals surface area (Å²) in [5.41, 5.74) is 3.13. The van der Waals surface area contributed by atoms with Crippen molar-refractivity contribution in [1.82, 2.24) is 9.99 Å². The molecule has 1 aliphatic rings. The summed E-state index contributed by atoms with van der Waals surface area (Å²) in [5.74, 6) is 0.917. The van der Waals surface area contributed by atoms with Crippen LogP contribution in [0.5, 0.6) is 11.5 Å². The summed E-state index contributed by atoms with van der Waals surface area (Å²) in [5, 5.41) is 8.99. The van der Waals surface area contributed by atoms with Crippen LogP contribution in [0.4, 0.5) is 5.69 Å². The lowest BCUT2D eigenvalue weighted by molar-refractivity contribution is -0.133. The number of rotatable bonds is 8. The fourth-order valence-corrected chi connectivity index (χ4v) is 3.87. The highest BCUT2D eigenvalue weighted by atomic mass is 16.5. The molecule has 2 aromatic carbocycles. The van der Waals surface area contributed by atoms with Gasteiger partial charge in [-0.1, -0.05) is 19.1 Å². The number of amides is 2. The number of oxazole rings is 1. The SMILES string of the molecule is CCC1CC(=O)N(Cc2cccc(NC(=O)c3cnco3)c2)N=C1c1ccc(OC)c(OC)c1. The normalized spacial score (nSPS) is 15.6. The fraction of sp³-hybridized carbons (Fsp3) is 0.280. The van der Waals surface area contributed by atoms with E-state index in [1.807, 2.05) is 37.3 Å². The van der Waals surface area contributed by atoms with E-state index >= 15 is 0 Å². The monoisotopic (exact) mass is 462 g/mol. The first-order valence-corrected chi connectivity index (χ1v) is 10.9. The molecule has 2 heterocycles. The topological polar surface area (TPSA) is 106 Å². The third-order valence-corrected chi connectivity index (χ3v) is 5.67. The summed E-state index contributed by atoms with van der Waals surface area (Å²) in [6.45, 7) is 2.32. The van der Waals surface area contributed by atoms with Crippen LogP contribution in [0.15, 0.2) is 64.6 Å². The van der Waals surface area contributed by atoms with Crippen LogP contribution in [0.3, 0.4) is 0 Å². The molecule has 0 saturated carbocycles. The maximum Gasteiger partial charge on any atom is 0.293 e. The molecular formula is C25H26N4O5. The maximum absolute atomic E-state index is 12.9. The molecule has 1 atom stereocenters. The van der Waals surface area contributed by atoms with E-state index in [-0.39, 0.29) is 24.1 Å². The number of anilines is 1. The highest BCUT2D eigenvalue weighted by Gasteiger charge is 2.30. The molecule has 0 spiro atoms. The molecule has 0 fully saturated rings. The minimum absolute atomic E-state index is 0.00868. The predicted molar refractivity (Wildman–Crippen MR) is 126 cm³/mol. The highest BCUT2D eigenvalue weighted by molar-refractivity contribution is 6.06. The lowest BCUT2D eigenvalue weighted by atomic mass is 9.89. The number of nitrogens with one attached hydrogen (secondary N) is 1. The predicted octanol–water partition coefficient (Wildman–Crippen LogP) is 4.11. The number of benzene rings is 2. The molecule has 0 aliphatic carbocycles. The average molecular weight is 463 g/mol. The van der Waals surface area contributed by atoms with Gasteiger partial charge in [0.05, 0.1) is 32.7 Å². The second kappa shape index (κ2) is 10.2. The molecule has 4 rings (SSSR count). The summed E-state index contributed by atoms with van der Waals surface area (Å²) in [7, 11) is 3.18. The van der Waals surface area contributed by atoms with E-state index in [9.17, 15) is 9.59 Å². The van der Waals surface area contributed by atoms with E-state index in [0.29, 0.717) is 23.6 Å². The van der Waals surface area contributed by atoms with Gasteiger partial charge in [-0.2, -0.15) is 5.10 Å². The van der Waals surface area contributed by atoms with Crippen LogP contribution < -0.4 is 14.8 Å². The first kappa shape index (κ1) is 23.0. The Kier molecular flexibility index (Phi) is 6.91. The Morgan fingerprint density at radius 3 is 2.71 bits per heavy atom. The van der Waals surface area contributed by atoms with E-state index in [0.717, 1.165) is 23.3 Å². The van der Waals surface area contributed by atoms with Crippen molar-refractivity contribution in [3.05, 3.63) is 71.9 Å². The number of methoxy groups -OCH3 is 2. The van der Waals surface area contributed by atoms with Crippen molar-refractivity contribution in [3.8, 4) is 11.5 Å². The van der Waals surface area contributed by atoms with Crippen molar-refractivity contribution in [2.45, 2.75) is 26.3 Å². The molecule has 2 amide bonds. The molecule has 1 unspecified atom stereocenters. The van der Waals surface area contributed by atoms with E-state index in [4.69, 9.17) is 19.0 Å². The Morgan fingerprint density at radius 1 is 1.18 bits per heavy atom. The number of hydrogen-bond acceptors (Lipinski definition) is 7. The minimum atomic E-state index is -0.400. The largest absolute Gasteiger partial charge is 0.493 e. The Morgan fingerprint density at radius 2 is 2.00 bits per heavy atom. The van der Waals surface area contributed by atoms with Crippen molar-refractivity contribution in [3.63, 3.8) is 0 Å². The quantitative estimate of drug-likeness (QED) is 0.540. The van der Waals surface area contributed by atoms with E-state index in [1.54, 1.807) is 26.4 Å². The Bertz CT molecular complexity index is 1210. The first-order chi connectivity index (χ1) is 16.5. The van der Waals surface area contributed by atoms with Crippen molar-refractivity contribution < 1.29 is 23.5 Å². The molecule has 9 nitrogen and oxygen atoms in total. The van der Waals surface area contributed by atoms with Gasteiger partial charge >= 0.3 is 0 Å². The van der Waals surface area contributed by atoms with Gasteiger partial charge in [0.25, 0.3) is 5.91 Å². The summed E-state index contributed by atoms with van der Waals surface area (Å²) >= 11 is 0. The van der Waals surface area contributed by atoms with Crippen molar-refractivity contribution in [2.24, 2.45) is 11.0 Å². The van der Waals surface area contributed by atoms with E-state index in [1.165, 1.54) is 17.6 Å². The van der Waals surface area contributed by atoms with Gasteiger partial charge in [-0.25, -0.2) is 9.99 Å². The zero-order valence-corrected chi connectivity index (χ0v) is 19.3. The van der Waals surface area contributed by atoms with Gasteiger partial charge in [0.15, 0.2) is 17.9 Å². The van der Waals surface area contributed by atoms with Crippen molar-refractivity contribution in [2.75, 3.05) is 19.5 Å². The zero-order valence-electron chi connectivity index (χ0n) is 19.3. The Labute approximate surface area is 197 Å². The lowest BCUT2D eigenvalue weighted by Gasteiger charge is -2.29. The molecule has 3 aromatic rings. The van der Waals surface area contributed by atoms with Gasteiger partial charge in [-0.15, -0.1) is 0 Å². The molecule has 1 N–H and O–H groups in total. The third kappa shape index (κ3) is 4.93. The van der Waals surface area contributed by atoms with Crippen LogP contribution in [0.2, 0.25) is 0 Å². The second-order valence-electron chi connectivity index (χ2n) is 7.84. The number of carbonyl (C=O) groups excluding carboxylic acids is 2. The standard InChI is InChI=1S/C25H26N4O5/c1-4-17-12-23(30)29(28-24(17)18-8-9-20(32-2)21(11-18)33-3)14-16-6-5-7-19(10-16)27-25(31)22-13-26-15-34-22/h5-11,13,15,17H,4,12,14H2,1-3H3,(H,27,31). The number of aromatic nitrogens is 1. The molecule has 176 valence electrons. The van der Waals surface area contributed by atoms with Gasteiger partial charge in [0, 0.05) is 23.6 Å². The average Bonchev–Trinajstić information content (AvgIpc) is 3.40. The van der Waals surface area contributed by atoms with Gasteiger partial charge in [0.1, 0.15) is 0 Å². The smallest absolute Gasteiger partial charge is 0.293 e. The second-order valence-corrected chi connectivity index (χ2v) is 7.84. The van der Waals surface area contributed by atoms with E-state index < -0.39 is 5.91 Å². The Hall–Kier alpha value is -4.14. The molecule has 9 heteroatoms. The number of ether oxygens (including phenoxy) is 2. The van der Waals surface area contributed by atoms with Crippen LogP contribution in [0, 0.1) is 5.92 Å². The number of nitrogens with zero attached hydrogens (tertiary/aromatic N) is 3. The summed E-state index contributed by atoms with van der Waals surface area (Å²) in [4.78, 5) is 28.9. The van der Waals surface area contributed by atoms with Crippen molar-refractivity contribution >= 4 is 23.2 Å². The highest BCUT2D eigenvalue weighted by Crippen LogP contribution is 2.31. The summed E-state index contributed by atoms with van der Waals surface area (Å²) < 4.78 is 15.8. The zero-order chi connectivity index (χ0) is 24.1. The molecule has 0 bridgehead atoms. The fourth-order valence-electron chi connectivity index (χ4n) is 3.87. The molecule has 34 heavy (non-hydrogen) atoms. The molecule has 0 saturated heterocycles. The molecule has 0 radical (unpaired) electrons. The minimum Gasteiger partial charge on any atom is -0.493 e. The van der Waals surface area contributed by atoms with Gasteiger partial charge < -0.3 is 19.2 Å². The number of hydrogen-bond donors (Lipinski definition) is 1. The van der Waals surface area contributed by atoms with Gasteiger partial charge in [-0.05, 0) is 42.3 Å². The van der Waals surface area contributed by atoms with Crippen LogP contribution >= 0.6 is 0 Å². The van der Waals surface area contributed by atoms with Gasteiger partial charge in [-0.3, -0.25) is 9.59 Å². The number of carbonyl (C=O) groups is 2. The summed E-state index contributed by atoms with van der Waals surface area (Å²) in [6, 6.07) is 12.9. The van der Waals surface area contributed by atoms with Crippen LogP contribution in [0.25, 0.3) is 0 Å². The van der Waals surface area contributed by atoms with Crippen LogP contribution in [-0.2, 0) is 11.3 Å². The lowest BCUT2D eigenvalue weighted by Crippen LogP contribution is -2.36. The number of hydrazone groups is 1. The first-order valence-electron chi connectivity index (χ1n) is 10.9. The maximum atomic E-state index is 12.9. The van der Waals surface area contributed by atoms with Gasteiger partial charge in [0.2, 0.25) is 11.7 Å². The summed E-state index contributed by atoms with van der Waals surface area (Å²) in [6.07, 6.45) is 3.70. The molecule has 1 aromatic heterocycles. The Balaban J connectivity index is 1.58. The van der Waals surface area contributed by atoms with E-state index in [2.05, 4.69) is 10.3 Å². The van der Waals surface area contributed by atoms with Crippen LogP contribution in [-0.4, -0.2) is 41.7 Å². The molecule has 1 aliphatic heterocycles. The third-order valence-electron chi connectivity index (χ3n) is 5.67. The molecular weight excluding hydrogens is 436 g/mol.